The van der Waals surface area contributed by atoms with Crippen LogP contribution in [0.5, 0.6) is 11.5 Å². The molecule has 0 atom stereocenters. The Labute approximate surface area is 178 Å². The van der Waals surface area contributed by atoms with Crippen LogP contribution in [0.15, 0.2) is 41.3 Å². The Morgan fingerprint density at radius 3 is 2.47 bits per heavy atom. The molecule has 2 aromatic carbocycles. The van der Waals surface area contributed by atoms with E-state index in [1.54, 1.807) is 26.2 Å². The van der Waals surface area contributed by atoms with Gasteiger partial charge in [-0.05, 0) is 56.5 Å². The number of nitrogens with one attached hydrogen (secondary N) is 2. The van der Waals surface area contributed by atoms with Gasteiger partial charge in [-0.3, -0.25) is 4.79 Å². The fraction of sp³-hybridized carbons (Fsp3) is 0.409. The van der Waals surface area contributed by atoms with Crippen LogP contribution in [0.1, 0.15) is 30.0 Å². The van der Waals surface area contributed by atoms with E-state index in [0.717, 1.165) is 11.1 Å². The average Bonchev–Trinajstić information content (AvgIpc) is 2.70. The van der Waals surface area contributed by atoms with Crippen molar-refractivity contribution in [3.8, 4) is 11.5 Å². The molecule has 0 aromatic heterocycles. The summed E-state index contributed by atoms with van der Waals surface area (Å²) in [5.41, 5.74) is 2.65. The number of aryl methyl sites for hydroxylation is 3. The summed E-state index contributed by atoms with van der Waals surface area (Å²) >= 11 is 0. The van der Waals surface area contributed by atoms with Crippen molar-refractivity contribution in [3.05, 3.63) is 53.1 Å². The van der Waals surface area contributed by atoms with Gasteiger partial charge in [0.05, 0.1) is 18.6 Å². The van der Waals surface area contributed by atoms with Crippen LogP contribution < -0.4 is 19.5 Å². The maximum Gasteiger partial charge on any atom is 0.240 e. The zero-order valence-corrected chi connectivity index (χ0v) is 18.8. The van der Waals surface area contributed by atoms with Crippen LogP contribution in [0.3, 0.4) is 0 Å². The molecule has 0 fully saturated rings. The Morgan fingerprint density at radius 2 is 1.80 bits per heavy atom. The highest BCUT2D eigenvalue weighted by Gasteiger charge is 2.16. The molecule has 0 aliphatic heterocycles. The monoisotopic (exact) mass is 434 g/mol. The predicted octanol–water partition coefficient (Wildman–Crippen LogP) is 2.74. The lowest BCUT2D eigenvalue weighted by Crippen LogP contribution is -2.35. The number of sulfonamides is 1. The molecule has 0 spiro atoms. The summed E-state index contributed by atoms with van der Waals surface area (Å²) in [6, 6.07) is 10.8. The molecule has 0 heterocycles. The number of ether oxygens (including phenoxy) is 2. The first-order valence-electron chi connectivity index (χ1n) is 9.90. The van der Waals surface area contributed by atoms with Gasteiger partial charge in [-0.2, -0.15) is 0 Å². The smallest absolute Gasteiger partial charge is 0.240 e. The molecule has 2 N–H and O–H groups in total. The molecule has 0 saturated heterocycles. The van der Waals surface area contributed by atoms with Crippen LogP contribution in [-0.2, 0) is 21.2 Å². The lowest BCUT2D eigenvalue weighted by atomic mass is 10.1. The highest BCUT2D eigenvalue weighted by atomic mass is 32.2. The molecule has 0 saturated carbocycles. The van der Waals surface area contributed by atoms with Gasteiger partial charge in [-0.1, -0.05) is 23.8 Å². The average molecular weight is 435 g/mol. The Bertz CT molecular complexity index is 973. The van der Waals surface area contributed by atoms with Gasteiger partial charge >= 0.3 is 0 Å². The van der Waals surface area contributed by atoms with E-state index in [4.69, 9.17) is 9.47 Å². The first-order chi connectivity index (χ1) is 14.3. The molecule has 0 bridgehead atoms. The normalized spacial score (nSPS) is 11.2. The summed E-state index contributed by atoms with van der Waals surface area (Å²) in [5, 5.41) is 2.74. The first-order valence-corrected chi connectivity index (χ1v) is 11.4. The van der Waals surface area contributed by atoms with E-state index in [2.05, 4.69) is 10.0 Å². The second-order valence-corrected chi connectivity index (χ2v) is 8.67. The zero-order valence-electron chi connectivity index (χ0n) is 17.9. The summed E-state index contributed by atoms with van der Waals surface area (Å²) in [7, 11) is -2.03. The third kappa shape index (κ3) is 6.74. The molecule has 30 heavy (non-hydrogen) atoms. The van der Waals surface area contributed by atoms with Crippen molar-refractivity contribution in [2.75, 3.05) is 26.8 Å². The largest absolute Gasteiger partial charge is 0.493 e. The van der Waals surface area contributed by atoms with E-state index in [-0.39, 0.29) is 23.9 Å². The highest BCUT2D eigenvalue weighted by molar-refractivity contribution is 7.89. The van der Waals surface area contributed by atoms with Crippen molar-refractivity contribution in [2.45, 2.75) is 38.5 Å². The second kappa shape index (κ2) is 11.0. The molecule has 0 unspecified atom stereocenters. The number of methoxy groups -OCH3 is 1. The van der Waals surface area contributed by atoms with Crippen molar-refractivity contribution in [2.24, 2.45) is 0 Å². The number of benzene rings is 2. The van der Waals surface area contributed by atoms with Crippen molar-refractivity contribution in [1.82, 2.24) is 10.0 Å². The van der Waals surface area contributed by atoms with Crippen LogP contribution in [0.2, 0.25) is 0 Å². The summed E-state index contributed by atoms with van der Waals surface area (Å²) in [6.45, 7) is 6.47. The zero-order chi connectivity index (χ0) is 22.1. The molecule has 0 aliphatic rings. The minimum atomic E-state index is -3.60. The van der Waals surface area contributed by atoms with Gasteiger partial charge in [-0.15, -0.1) is 0 Å². The minimum absolute atomic E-state index is 0.123. The molecule has 164 valence electrons. The fourth-order valence-electron chi connectivity index (χ4n) is 3.05. The topological polar surface area (TPSA) is 93.7 Å². The lowest BCUT2D eigenvalue weighted by Gasteiger charge is -2.12. The van der Waals surface area contributed by atoms with Gasteiger partial charge in [0.15, 0.2) is 11.5 Å². The van der Waals surface area contributed by atoms with Gasteiger partial charge in [0.1, 0.15) is 0 Å². The van der Waals surface area contributed by atoms with Crippen molar-refractivity contribution in [3.63, 3.8) is 0 Å². The number of amides is 1. The van der Waals surface area contributed by atoms with E-state index < -0.39 is 10.0 Å². The molecule has 8 heteroatoms. The van der Waals surface area contributed by atoms with Crippen molar-refractivity contribution >= 4 is 15.9 Å². The molecule has 7 nitrogen and oxygen atoms in total. The van der Waals surface area contributed by atoms with Crippen molar-refractivity contribution in [1.29, 1.82) is 0 Å². The van der Waals surface area contributed by atoms with E-state index in [0.29, 0.717) is 36.5 Å². The number of carbonyl (C=O) groups excluding carboxylic acids is 1. The molecule has 0 radical (unpaired) electrons. The van der Waals surface area contributed by atoms with Gasteiger partial charge in [0.25, 0.3) is 0 Å². The Hall–Kier alpha value is -2.58. The van der Waals surface area contributed by atoms with E-state index in [1.165, 1.54) is 0 Å². The van der Waals surface area contributed by atoms with Crippen LogP contribution in [0.25, 0.3) is 0 Å². The molecule has 2 rings (SSSR count). The third-order valence-corrected chi connectivity index (χ3v) is 6.15. The van der Waals surface area contributed by atoms with Crippen LogP contribution in [0, 0.1) is 13.8 Å². The lowest BCUT2D eigenvalue weighted by molar-refractivity contribution is -0.121. The Balaban J connectivity index is 1.78. The number of hydrogen-bond acceptors (Lipinski definition) is 5. The van der Waals surface area contributed by atoms with Crippen LogP contribution >= 0.6 is 0 Å². The van der Waals surface area contributed by atoms with Gasteiger partial charge < -0.3 is 14.8 Å². The van der Waals surface area contributed by atoms with Gasteiger partial charge in [0, 0.05) is 19.5 Å². The highest BCUT2D eigenvalue weighted by Crippen LogP contribution is 2.28. The quantitative estimate of drug-likeness (QED) is 0.531. The van der Waals surface area contributed by atoms with Gasteiger partial charge in [-0.25, -0.2) is 13.1 Å². The van der Waals surface area contributed by atoms with E-state index in [1.807, 2.05) is 38.1 Å². The standard InChI is InChI=1S/C22H30N2O5S/c1-5-29-19-9-7-18(15-20(19)28-4)8-11-22(25)23-12-13-24-30(26,27)21-10-6-16(2)14-17(21)3/h6-7,9-10,14-15,24H,5,8,11-13H2,1-4H3,(H,23,25). The van der Waals surface area contributed by atoms with Gasteiger partial charge in [0.2, 0.25) is 15.9 Å². The maximum atomic E-state index is 12.4. The Morgan fingerprint density at radius 1 is 1.03 bits per heavy atom. The SMILES string of the molecule is CCOc1ccc(CCC(=O)NCCNS(=O)(=O)c2ccc(C)cc2C)cc1OC. The summed E-state index contributed by atoms with van der Waals surface area (Å²) < 4.78 is 38.1. The third-order valence-electron chi connectivity index (χ3n) is 4.53. The Kier molecular flexibility index (Phi) is 8.68. The molecular weight excluding hydrogens is 404 g/mol. The predicted molar refractivity (Wildman–Crippen MR) is 117 cm³/mol. The van der Waals surface area contributed by atoms with Crippen LogP contribution in [-0.4, -0.2) is 41.1 Å². The van der Waals surface area contributed by atoms with Crippen molar-refractivity contribution < 1.29 is 22.7 Å². The molecule has 0 aliphatic carbocycles. The summed E-state index contributed by atoms with van der Waals surface area (Å²) in [5.74, 6) is 1.16. The first kappa shape index (κ1) is 23.7. The van der Waals surface area contributed by atoms with Crippen LogP contribution in [0.4, 0.5) is 0 Å². The fourth-order valence-corrected chi connectivity index (χ4v) is 4.31. The molecule has 2 aromatic rings. The number of hydrogen-bond donors (Lipinski definition) is 2. The maximum absolute atomic E-state index is 12.4. The molecular formula is C22H30N2O5S. The molecule has 1 amide bonds. The van der Waals surface area contributed by atoms with E-state index >= 15 is 0 Å². The minimum Gasteiger partial charge on any atom is -0.493 e. The second-order valence-electron chi connectivity index (χ2n) is 6.93. The number of rotatable bonds is 11. The van der Waals surface area contributed by atoms with E-state index in [9.17, 15) is 13.2 Å². The summed E-state index contributed by atoms with van der Waals surface area (Å²) in [6.07, 6.45) is 0.837. The number of carbonyl (C=O) groups is 1. The summed E-state index contributed by atoms with van der Waals surface area (Å²) in [4.78, 5) is 12.3.